The van der Waals surface area contributed by atoms with Crippen LogP contribution in [0.5, 0.6) is 5.75 Å². The van der Waals surface area contributed by atoms with E-state index in [1.165, 1.54) is 6.07 Å². The van der Waals surface area contributed by atoms with Crippen LogP contribution in [-0.4, -0.2) is 5.11 Å². The number of nitrogens with one attached hydrogen (secondary N) is 1. The summed E-state index contributed by atoms with van der Waals surface area (Å²) >= 11 is 8.88. The lowest BCUT2D eigenvalue weighted by Gasteiger charge is -2.09. The first-order chi connectivity index (χ1) is 8.58. The van der Waals surface area contributed by atoms with E-state index in [4.69, 9.17) is 11.6 Å². The van der Waals surface area contributed by atoms with Gasteiger partial charge in [-0.2, -0.15) is 0 Å². The van der Waals surface area contributed by atoms with Crippen LogP contribution in [0.15, 0.2) is 40.9 Å². The summed E-state index contributed by atoms with van der Waals surface area (Å²) in [7, 11) is 0. The number of hydrogen-bond donors (Lipinski definition) is 2. The molecule has 0 atom stereocenters. The van der Waals surface area contributed by atoms with Crippen molar-refractivity contribution in [2.24, 2.45) is 0 Å². The van der Waals surface area contributed by atoms with Crippen molar-refractivity contribution in [3.8, 4) is 5.75 Å². The maximum Gasteiger partial charge on any atom is 0.139 e. The van der Waals surface area contributed by atoms with E-state index in [2.05, 4.69) is 21.2 Å². The highest BCUT2D eigenvalue weighted by molar-refractivity contribution is 9.10. The number of anilines is 1. The van der Waals surface area contributed by atoms with Crippen molar-refractivity contribution >= 4 is 33.2 Å². The summed E-state index contributed by atoms with van der Waals surface area (Å²) in [5.41, 5.74) is 1.29. The second kappa shape index (κ2) is 5.59. The van der Waals surface area contributed by atoms with Gasteiger partial charge in [-0.3, -0.25) is 0 Å². The number of rotatable bonds is 3. The predicted molar refractivity (Wildman–Crippen MR) is 74.5 cm³/mol. The minimum Gasteiger partial charge on any atom is -0.506 e. The summed E-state index contributed by atoms with van der Waals surface area (Å²) < 4.78 is 13.7. The monoisotopic (exact) mass is 329 g/mol. The SMILES string of the molecule is Oc1c(Cl)cccc1CNc1ccc(Br)c(F)c1. The molecule has 2 aromatic rings. The highest BCUT2D eigenvalue weighted by atomic mass is 79.9. The fraction of sp³-hybridized carbons (Fsp3) is 0.0769. The number of hydrogen-bond acceptors (Lipinski definition) is 2. The topological polar surface area (TPSA) is 32.3 Å². The molecule has 0 heterocycles. The number of benzene rings is 2. The van der Waals surface area contributed by atoms with Gasteiger partial charge in [0.2, 0.25) is 0 Å². The number of halogens is 3. The molecule has 0 fully saturated rings. The lowest BCUT2D eigenvalue weighted by Crippen LogP contribution is -2.00. The quantitative estimate of drug-likeness (QED) is 0.864. The van der Waals surface area contributed by atoms with Gasteiger partial charge in [-0.05, 0) is 40.2 Å². The molecule has 0 spiro atoms. The van der Waals surface area contributed by atoms with Gasteiger partial charge in [0, 0.05) is 17.8 Å². The van der Waals surface area contributed by atoms with Crippen LogP contribution >= 0.6 is 27.5 Å². The molecule has 2 nitrogen and oxygen atoms in total. The average Bonchev–Trinajstić information content (AvgIpc) is 2.35. The van der Waals surface area contributed by atoms with Crippen LogP contribution in [0.4, 0.5) is 10.1 Å². The van der Waals surface area contributed by atoms with Crippen molar-refractivity contribution < 1.29 is 9.50 Å². The Morgan fingerprint density at radius 1 is 1.28 bits per heavy atom. The first kappa shape index (κ1) is 13.2. The van der Waals surface area contributed by atoms with Gasteiger partial charge >= 0.3 is 0 Å². The Morgan fingerprint density at radius 2 is 2.06 bits per heavy atom. The zero-order chi connectivity index (χ0) is 13.1. The molecule has 5 heteroatoms. The molecule has 94 valence electrons. The first-order valence-electron chi connectivity index (χ1n) is 5.23. The van der Waals surface area contributed by atoms with Crippen molar-refractivity contribution in [3.05, 3.63) is 57.3 Å². The molecule has 0 bridgehead atoms. The van der Waals surface area contributed by atoms with E-state index in [1.807, 2.05) is 0 Å². The molecule has 0 saturated heterocycles. The van der Waals surface area contributed by atoms with Gasteiger partial charge in [-0.25, -0.2) is 4.39 Å². The van der Waals surface area contributed by atoms with Crippen molar-refractivity contribution in [1.82, 2.24) is 0 Å². The lowest BCUT2D eigenvalue weighted by molar-refractivity contribution is 0.469. The van der Waals surface area contributed by atoms with Gasteiger partial charge in [0.1, 0.15) is 11.6 Å². The van der Waals surface area contributed by atoms with E-state index in [9.17, 15) is 9.50 Å². The average molecular weight is 331 g/mol. The van der Waals surface area contributed by atoms with E-state index in [0.29, 0.717) is 27.3 Å². The first-order valence-corrected chi connectivity index (χ1v) is 6.40. The van der Waals surface area contributed by atoms with E-state index in [0.717, 1.165) is 0 Å². The van der Waals surface area contributed by atoms with Crippen molar-refractivity contribution in [2.45, 2.75) is 6.54 Å². The minimum atomic E-state index is -0.338. The fourth-order valence-corrected chi connectivity index (χ4v) is 1.95. The Morgan fingerprint density at radius 3 is 2.78 bits per heavy atom. The largest absolute Gasteiger partial charge is 0.506 e. The minimum absolute atomic E-state index is 0.0456. The number of phenolic OH excluding ortho intramolecular Hbond substituents is 1. The summed E-state index contributed by atoms with van der Waals surface area (Å²) in [6.45, 7) is 0.369. The molecule has 18 heavy (non-hydrogen) atoms. The van der Waals surface area contributed by atoms with E-state index in [1.54, 1.807) is 30.3 Å². The molecule has 0 unspecified atom stereocenters. The number of aromatic hydroxyl groups is 1. The predicted octanol–water partition coefficient (Wildman–Crippen LogP) is 4.56. The zero-order valence-electron chi connectivity index (χ0n) is 9.25. The van der Waals surface area contributed by atoms with Gasteiger partial charge in [0.15, 0.2) is 0 Å². The molecule has 0 radical (unpaired) electrons. The summed E-state index contributed by atoms with van der Waals surface area (Å²) in [4.78, 5) is 0. The Kier molecular flexibility index (Phi) is 4.09. The molecule has 2 rings (SSSR count). The normalized spacial score (nSPS) is 10.4. The van der Waals surface area contributed by atoms with Crippen molar-refractivity contribution in [1.29, 1.82) is 0 Å². The van der Waals surface area contributed by atoms with Gasteiger partial charge in [0.05, 0.1) is 9.50 Å². The Bertz CT molecular complexity index is 577. The third-order valence-electron chi connectivity index (χ3n) is 2.47. The summed E-state index contributed by atoms with van der Waals surface area (Å²) in [5.74, 6) is -0.292. The van der Waals surface area contributed by atoms with Gasteiger partial charge < -0.3 is 10.4 Å². The van der Waals surface area contributed by atoms with Gasteiger partial charge in [0.25, 0.3) is 0 Å². The van der Waals surface area contributed by atoms with Crippen molar-refractivity contribution in [3.63, 3.8) is 0 Å². The number of para-hydroxylation sites is 1. The van der Waals surface area contributed by atoms with Crippen LogP contribution < -0.4 is 5.32 Å². The van der Waals surface area contributed by atoms with Crippen LogP contribution in [0.25, 0.3) is 0 Å². The summed E-state index contributed by atoms with van der Waals surface area (Å²) in [6.07, 6.45) is 0. The van der Waals surface area contributed by atoms with E-state index < -0.39 is 0 Å². The number of phenols is 1. The molecule has 0 aliphatic carbocycles. The summed E-state index contributed by atoms with van der Waals surface area (Å²) in [6, 6.07) is 9.86. The maximum atomic E-state index is 13.3. The van der Waals surface area contributed by atoms with E-state index in [-0.39, 0.29) is 11.6 Å². The van der Waals surface area contributed by atoms with Crippen LogP contribution in [0.1, 0.15) is 5.56 Å². The van der Waals surface area contributed by atoms with Gasteiger partial charge in [-0.15, -0.1) is 0 Å². The Balaban J connectivity index is 2.11. The second-order valence-electron chi connectivity index (χ2n) is 3.73. The second-order valence-corrected chi connectivity index (χ2v) is 4.99. The lowest BCUT2D eigenvalue weighted by atomic mass is 10.2. The fourth-order valence-electron chi connectivity index (χ4n) is 1.51. The molecule has 2 N–H and O–H groups in total. The van der Waals surface area contributed by atoms with Gasteiger partial charge in [-0.1, -0.05) is 23.7 Å². The smallest absolute Gasteiger partial charge is 0.139 e. The van der Waals surface area contributed by atoms with E-state index >= 15 is 0 Å². The Hall–Kier alpha value is -1.26. The molecule has 2 aromatic carbocycles. The highest BCUT2D eigenvalue weighted by Gasteiger charge is 2.05. The highest BCUT2D eigenvalue weighted by Crippen LogP contribution is 2.27. The Labute approximate surface area is 118 Å². The third-order valence-corrected chi connectivity index (χ3v) is 3.42. The molecular formula is C13H10BrClFNO. The molecule has 0 saturated carbocycles. The molecular weight excluding hydrogens is 321 g/mol. The van der Waals surface area contributed by atoms with Crippen LogP contribution in [0, 0.1) is 5.82 Å². The van der Waals surface area contributed by atoms with Crippen LogP contribution in [0.2, 0.25) is 5.02 Å². The van der Waals surface area contributed by atoms with Crippen molar-refractivity contribution in [2.75, 3.05) is 5.32 Å². The third kappa shape index (κ3) is 2.94. The molecule has 0 aromatic heterocycles. The van der Waals surface area contributed by atoms with Crippen LogP contribution in [-0.2, 0) is 6.54 Å². The molecule has 0 aliphatic heterocycles. The van der Waals surface area contributed by atoms with Crippen LogP contribution in [0.3, 0.4) is 0 Å². The molecule has 0 aliphatic rings. The standard InChI is InChI=1S/C13H10BrClFNO/c14-10-5-4-9(6-12(10)16)17-7-8-2-1-3-11(15)13(8)18/h1-6,17-18H,7H2. The maximum absolute atomic E-state index is 13.3. The summed E-state index contributed by atoms with van der Waals surface area (Å²) in [5, 5.41) is 13.0. The molecule has 0 amide bonds. The zero-order valence-corrected chi connectivity index (χ0v) is 11.6.